The number of pyridine rings is 1. The Hall–Kier alpha value is -2.63. The molecule has 0 aliphatic carbocycles. The summed E-state index contributed by atoms with van der Waals surface area (Å²) in [5.41, 5.74) is 1.63. The molecule has 0 bridgehead atoms. The van der Waals surface area contributed by atoms with Gasteiger partial charge >= 0.3 is 0 Å². The summed E-state index contributed by atoms with van der Waals surface area (Å²) in [7, 11) is 0. The largest absolute Gasteiger partial charge is 0.469 e. The van der Waals surface area contributed by atoms with E-state index in [4.69, 9.17) is 4.42 Å². The summed E-state index contributed by atoms with van der Waals surface area (Å²) in [6.45, 7) is 4.20. The van der Waals surface area contributed by atoms with Gasteiger partial charge in [0, 0.05) is 44.5 Å². The highest BCUT2D eigenvalue weighted by atomic mass is 16.3. The van der Waals surface area contributed by atoms with E-state index in [1.807, 2.05) is 17.0 Å². The van der Waals surface area contributed by atoms with Gasteiger partial charge in [0.25, 0.3) is 5.91 Å². The number of aromatic nitrogens is 1. The lowest BCUT2D eigenvalue weighted by molar-refractivity contribution is -0.131. The summed E-state index contributed by atoms with van der Waals surface area (Å²) >= 11 is 0. The lowest BCUT2D eigenvalue weighted by Crippen LogP contribution is -2.35. The molecule has 6 heteroatoms. The minimum Gasteiger partial charge on any atom is -0.469 e. The molecule has 2 aliphatic heterocycles. The van der Waals surface area contributed by atoms with Gasteiger partial charge in [0.05, 0.1) is 17.7 Å². The zero-order chi connectivity index (χ0) is 16.7. The van der Waals surface area contributed by atoms with E-state index in [2.05, 4.69) is 4.98 Å². The minimum absolute atomic E-state index is 0.0396. The molecule has 2 amide bonds. The maximum atomic E-state index is 12.7. The SMILES string of the molecule is Cc1occc1C(=O)N1C[C@@H]2CN(Cc3cccnc3)C(=O)[C@@H]2C1. The third-order valence-corrected chi connectivity index (χ3v) is 5.00. The molecule has 0 unspecified atom stereocenters. The average molecular weight is 325 g/mol. The van der Waals surface area contributed by atoms with Gasteiger partial charge in [0.15, 0.2) is 0 Å². The van der Waals surface area contributed by atoms with Gasteiger partial charge in [-0.05, 0) is 24.6 Å². The number of carbonyl (C=O) groups is 2. The zero-order valence-electron chi connectivity index (χ0n) is 13.5. The highest BCUT2D eigenvalue weighted by Gasteiger charge is 2.47. The Morgan fingerprint density at radius 1 is 1.33 bits per heavy atom. The van der Waals surface area contributed by atoms with E-state index in [1.54, 1.807) is 30.3 Å². The Kier molecular flexibility index (Phi) is 3.59. The standard InChI is InChI=1S/C18H19N3O3/c1-12-15(4-6-24-12)17(22)21-10-14-9-20(18(23)16(14)11-21)8-13-3-2-5-19-7-13/h2-7,14,16H,8-11H2,1H3/t14-,16+/m0/s1. The molecule has 6 nitrogen and oxygen atoms in total. The Morgan fingerprint density at radius 2 is 2.21 bits per heavy atom. The van der Waals surface area contributed by atoms with Gasteiger partial charge in [-0.1, -0.05) is 6.07 Å². The van der Waals surface area contributed by atoms with Gasteiger partial charge in [-0.2, -0.15) is 0 Å². The molecule has 4 heterocycles. The van der Waals surface area contributed by atoms with Gasteiger partial charge in [-0.25, -0.2) is 0 Å². The molecule has 0 radical (unpaired) electrons. The van der Waals surface area contributed by atoms with Gasteiger partial charge in [-0.3, -0.25) is 14.6 Å². The predicted octanol–water partition coefficient (Wildman–Crippen LogP) is 1.71. The molecule has 24 heavy (non-hydrogen) atoms. The second kappa shape index (κ2) is 5.78. The van der Waals surface area contributed by atoms with Crippen LogP contribution >= 0.6 is 0 Å². The summed E-state index contributed by atoms with van der Waals surface area (Å²) in [5, 5.41) is 0. The number of furan rings is 1. The molecule has 2 aromatic rings. The summed E-state index contributed by atoms with van der Waals surface area (Å²) in [6, 6.07) is 5.55. The smallest absolute Gasteiger partial charge is 0.257 e. The van der Waals surface area contributed by atoms with Crippen LogP contribution in [0.15, 0.2) is 41.3 Å². The minimum atomic E-state index is -0.0853. The Labute approximate surface area is 140 Å². The van der Waals surface area contributed by atoms with Crippen molar-refractivity contribution in [2.24, 2.45) is 11.8 Å². The van der Waals surface area contributed by atoms with Crippen LogP contribution in [0.25, 0.3) is 0 Å². The van der Waals surface area contributed by atoms with Crippen molar-refractivity contribution in [1.82, 2.24) is 14.8 Å². The van der Waals surface area contributed by atoms with Crippen LogP contribution in [0.3, 0.4) is 0 Å². The van der Waals surface area contributed by atoms with Crippen LogP contribution in [-0.2, 0) is 11.3 Å². The molecule has 0 N–H and O–H groups in total. The van der Waals surface area contributed by atoms with E-state index in [0.29, 0.717) is 37.5 Å². The van der Waals surface area contributed by atoms with Gasteiger partial charge < -0.3 is 14.2 Å². The molecular formula is C18H19N3O3. The Balaban J connectivity index is 1.43. The van der Waals surface area contributed by atoms with E-state index in [1.165, 1.54) is 6.26 Å². The number of aryl methyl sites for hydroxylation is 1. The molecule has 4 rings (SSSR count). The Morgan fingerprint density at radius 3 is 2.88 bits per heavy atom. The quantitative estimate of drug-likeness (QED) is 0.862. The number of rotatable bonds is 3. The third-order valence-electron chi connectivity index (χ3n) is 5.00. The first kappa shape index (κ1) is 14.9. The summed E-state index contributed by atoms with van der Waals surface area (Å²) in [5.74, 6) is 0.857. The first-order valence-corrected chi connectivity index (χ1v) is 8.14. The number of amides is 2. The summed E-state index contributed by atoms with van der Waals surface area (Å²) in [6.07, 6.45) is 5.05. The van der Waals surface area contributed by atoms with Crippen molar-refractivity contribution < 1.29 is 14.0 Å². The van der Waals surface area contributed by atoms with Crippen molar-refractivity contribution in [3.8, 4) is 0 Å². The first-order valence-electron chi connectivity index (χ1n) is 8.14. The van der Waals surface area contributed by atoms with Crippen molar-refractivity contribution in [2.45, 2.75) is 13.5 Å². The van der Waals surface area contributed by atoms with Crippen LogP contribution in [0.2, 0.25) is 0 Å². The fraction of sp³-hybridized carbons (Fsp3) is 0.389. The molecule has 124 valence electrons. The molecule has 0 spiro atoms. The topological polar surface area (TPSA) is 66.7 Å². The molecule has 2 saturated heterocycles. The molecule has 2 fully saturated rings. The first-order chi connectivity index (χ1) is 11.6. The van der Waals surface area contributed by atoms with Gasteiger partial charge in [-0.15, -0.1) is 0 Å². The van der Waals surface area contributed by atoms with Crippen LogP contribution in [0, 0.1) is 18.8 Å². The second-order valence-corrected chi connectivity index (χ2v) is 6.55. The number of hydrogen-bond acceptors (Lipinski definition) is 4. The Bertz CT molecular complexity index is 771. The fourth-order valence-electron chi connectivity index (χ4n) is 3.74. The number of fused-ring (bicyclic) bond motifs is 1. The van der Waals surface area contributed by atoms with Crippen molar-refractivity contribution in [2.75, 3.05) is 19.6 Å². The van der Waals surface area contributed by atoms with Crippen LogP contribution in [0.5, 0.6) is 0 Å². The second-order valence-electron chi connectivity index (χ2n) is 6.55. The average Bonchev–Trinajstić information content (AvgIpc) is 3.26. The normalized spacial score (nSPS) is 23.0. The van der Waals surface area contributed by atoms with E-state index >= 15 is 0 Å². The molecule has 0 aromatic carbocycles. The molecule has 0 saturated carbocycles. The molecule has 2 aromatic heterocycles. The van der Waals surface area contributed by atoms with Crippen molar-refractivity contribution in [3.05, 3.63) is 53.7 Å². The summed E-state index contributed by atoms with van der Waals surface area (Å²) in [4.78, 5) is 33.0. The highest BCUT2D eigenvalue weighted by molar-refractivity contribution is 5.96. The number of hydrogen-bond donors (Lipinski definition) is 0. The van der Waals surface area contributed by atoms with Crippen LogP contribution in [0.1, 0.15) is 21.7 Å². The third kappa shape index (κ3) is 2.48. The number of likely N-dealkylation sites (tertiary alicyclic amines) is 2. The molecule has 2 atom stereocenters. The highest BCUT2D eigenvalue weighted by Crippen LogP contribution is 2.34. The number of nitrogens with zero attached hydrogens (tertiary/aromatic N) is 3. The van der Waals surface area contributed by atoms with E-state index < -0.39 is 0 Å². The van der Waals surface area contributed by atoms with Crippen LogP contribution in [0.4, 0.5) is 0 Å². The predicted molar refractivity (Wildman–Crippen MR) is 86.0 cm³/mol. The van der Waals surface area contributed by atoms with Crippen LogP contribution < -0.4 is 0 Å². The van der Waals surface area contributed by atoms with E-state index in [-0.39, 0.29) is 23.7 Å². The monoisotopic (exact) mass is 325 g/mol. The summed E-state index contributed by atoms with van der Waals surface area (Å²) < 4.78 is 5.22. The lowest BCUT2D eigenvalue weighted by atomic mass is 10.0. The number of carbonyl (C=O) groups excluding carboxylic acids is 2. The van der Waals surface area contributed by atoms with Gasteiger partial charge in [0.1, 0.15) is 5.76 Å². The van der Waals surface area contributed by atoms with Gasteiger partial charge in [0.2, 0.25) is 5.91 Å². The van der Waals surface area contributed by atoms with E-state index in [9.17, 15) is 9.59 Å². The fourth-order valence-corrected chi connectivity index (χ4v) is 3.74. The molecular weight excluding hydrogens is 306 g/mol. The maximum absolute atomic E-state index is 12.7. The zero-order valence-corrected chi connectivity index (χ0v) is 13.5. The van der Waals surface area contributed by atoms with Crippen LogP contribution in [-0.4, -0.2) is 46.2 Å². The van der Waals surface area contributed by atoms with E-state index in [0.717, 1.165) is 5.56 Å². The van der Waals surface area contributed by atoms with Crippen molar-refractivity contribution in [3.63, 3.8) is 0 Å². The molecule has 2 aliphatic rings. The van der Waals surface area contributed by atoms with Crippen molar-refractivity contribution in [1.29, 1.82) is 0 Å². The lowest BCUT2D eigenvalue weighted by Gasteiger charge is -2.21. The van der Waals surface area contributed by atoms with Crippen molar-refractivity contribution >= 4 is 11.8 Å². The maximum Gasteiger partial charge on any atom is 0.257 e.